The summed E-state index contributed by atoms with van der Waals surface area (Å²) in [6.45, 7) is 5.17. The molecule has 424 valence electrons. The number of aliphatic carboxylic acids is 3. The van der Waals surface area contributed by atoms with E-state index in [1.807, 2.05) is 30.3 Å². The van der Waals surface area contributed by atoms with Crippen molar-refractivity contribution in [2.75, 3.05) is 77.5 Å². The summed E-state index contributed by atoms with van der Waals surface area (Å²) in [5, 5.41) is 43.6. The van der Waals surface area contributed by atoms with Crippen molar-refractivity contribution in [2.24, 2.45) is 5.92 Å². The summed E-state index contributed by atoms with van der Waals surface area (Å²) in [5.74, 6) is -8.96. The number of carboxylic acid groups (broad SMARTS) is 3. The van der Waals surface area contributed by atoms with Crippen molar-refractivity contribution < 1.29 is 77.5 Å². The molecule has 0 aliphatic carbocycles. The third kappa shape index (κ3) is 17.0. The fourth-order valence-electron chi connectivity index (χ4n) is 9.87. The predicted octanol–water partition coefficient (Wildman–Crippen LogP) is -2.28. The summed E-state index contributed by atoms with van der Waals surface area (Å²) in [4.78, 5) is 148. The second-order valence-electron chi connectivity index (χ2n) is 20.0. The number of cyclic esters (lactones) is 1. The number of methoxy groups -OCH3 is 1. The van der Waals surface area contributed by atoms with Crippen molar-refractivity contribution >= 4 is 70.9 Å². The molecule has 0 radical (unpaired) electrons. The Morgan fingerprint density at radius 2 is 1.33 bits per heavy atom. The molecule has 78 heavy (non-hydrogen) atoms. The second kappa shape index (κ2) is 28.2. The van der Waals surface area contributed by atoms with Gasteiger partial charge in [0.15, 0.2) is 0 Å². The Morgan fingerprint density at radius 3 is 1.95 bits per heavy atom. The average Bonchev–Trinajstić information content (AvgIpc) is 4.05. The number of benzene rings is 2. The van der Waals surface area contributed by atoms with Crippen molar-refractivity contribution in [1.29, 1.82) is 0 Å². The van der Waals surface area contributed by atoms with Gasteiger partial charge in [0.1, 0.15) is 30.2 Å². The number of nitrogens with one attached hydrogen (secondary N) is 6. The van der Waals surface area contributed by atoms with Gasteiger partial charge in [-0.3, -0.25) is 72.3 Å². The lowest BCUT2D eigenvalue weighted by Gasteiger charge is -2.30. The van der Waals surface area contributed by atoms with Crippen LogP contribution in [0.15, 0.2) is 42.5 Å². The van der Waals surface area contributed by atoms with Crippen LogP contribution >= 0.6 is 0 Å². The van der Waals surface area contributed by atoms with Gasteiger partial charge in [0.05, 0.1) is 44.7 Å². The van der Waals surface area contributed by atoms with E-state index < -0.39 is 127 Å². The highest BCUT2D eigenvalue weighted by Gasteiger charge is 2.46. The molecule has 0 bridgehead atoms. The largest absolute Gasteiger partial charge is 0.481 e. The summed E-state index contributed by atoms with van der Waals surface area (Å²) in [6, 6.07) is 7.18. The number of carbonyl (C=O) groups is 11. The van der Waals surface area contributed by atoms with Crippen LogP contribution in [-0.2, 0) is 88.0 Å². The third-order valence-corrected chi connectivity index (χ3v) is 14.2. The number of rotatable bonds is 25. The maximum absolute atomic E-state index is 14.4. The molecule has 2 aromatic carbocycles. The lowest BCUT2D eigenvalue weighted by Crippen LogP contribution is -2.59. The van der Waals surface area contributed by atoms with Crippen LogP contribution in [0.4, 0.5) is 5.69 Å². The number of ether oxygens (including phenoxy) is 2. The van der Waals surface area contributed by atoms with Crippen LogP contribution in [0.25, 0.3) is 0 Å². The zero-order valence-electron chi connectivity index (χ0n) is 44.0. The Labute approximate surface area is 450 Å². The van der Waals surface area contributed by atoms with E-state index in [4.69, 9.17) is 9.47 Å². The predicted molar refractivity (Wildman–Crippen MR) is 275 cm³/mol. The zero-order chi connectivity index (χ0) is 56.6. The Bertz CT molecular complexity index is 2540. The molecule has 0 spiro atoms. The molecule has 2 unspecified atom stereocenters. The standard InChI is InChI=1S/C52H70N10O16/c1-4-30(2)46(50(75)56-36-13-12-33-6-5-7-34-23-38(62(47(33)34)51(36)76)49(74)57-37-24-45(72)78-52(37)77-3)58-41(65)26-53-40(64)25-54-48(73)35(14-15-42(66)67)55-39(63)22-31-8-10-32(11-9-31)27-59-16-18-60(28-43(68)69)20-21-61(19-17-59)29-44(70)71/h5-11,30,35-38,46,52H,4,12-29H2,1-3H3,(H,53,64)(H,54,73)(H,55,63)(H,56,75)(H,57,74)(H,58,65)(H,66,67)(H,68,69)(H,70,71)/t30-,35+,36-,37?,38-,46-,52?/m0/s1. The van der Waals surface area contributed by atoms with Crippen LogP contribution in [0, 0.1) is 5.92 Å². The van der Waals surface area contributed by atoms with Crippen molar-refractivity contribution in [3.8, 4) is 0 Å². The summed E-state index contributed by atoms with van der Waals surface area (Å²) in [5.41, 5.74) is 3.60. The Morgan fingerprint density at radius 1 is 0.718 bits per heavy atom. The fourth-order valence-corrected chi connectivity index (χ4v) is 9.87. The molecule has 4 aliphatic rings. The number of esters is 1. The molecule has 2 fully saturated rings. The first-order chi connectivity index (χ1) is 37.2. The quantitative estimate of drug-likeness (QED) is 0.0473. The number of hydrogen-bond donors (Lipinski definition) is 9. The first-order valence-corrected chi connectivity index (χ1v) is 26.0. The number of nitrogens with zero attached hydrogens (tertiary/aromatic N) is 4. The highest BCUT2D eigenvalue weighted by atomic mass is 16.7. The average molecular weight is 1090 g/mol. The molecular weight excluding hydrogens is 1020 g/mol. The van der Waals surface area contributed by atoms with Crippen LogP contribution in [0.2, 0.25) is 0 Å². The van der Waals surface area contributed by atoms with Crippen molar-refractivity contribution in [1.82, 2.24) is 46.6 Å². The lowest BCUT2D eigenvalue weighted by atomic mass is 9.97. The van der Waals surface area contributed by atoms with Crippen molar-refractivity contribution in [3.05, 3.63) is 64.7 Å². The van der Waals surface area contributed by atoms with E-state index in [0.717, 1.165) is 16.7 Å². The number of carbonyl (C=O) groups excluding carboxylic acids is 8. The fraction of sp³-hybridized carbons (Fsp3) is 0.558. The van der Waals surface area contributed by atoms with Gasteiger partial charge >= 0.3 is 23.9 Å². The highest BCUT2D eigenvalue weighted by Crippen LogP contribution is 2.39. The van der Waals surface area contributed by atoms with Crippen LogP contribution < -0.4 is 36.8 Å². The van der Waals surface area contributed by atoms with Gasteiger partial charge < -0.3 is 56.7 Å². The molecule has 4 heterocycles. The van der Waals surface area contributed by atoms with Gasteiger partial charge in [-0.2, -0.15) is 0 Å². The molecule has 26 heteroatoms. The van der Waals surface area contributed by atoms with Gasteiger partial charge in [0.2, 0.25) is 47.6 Å². The molecular formula is C52H70N10O16. The molecule has 2 saturated heterocycles. The Hall–Kier alpha value is -7.55. The van der Waals surface area contributed by atoms with E-state index in [9.17, 15) is 68.1 Å². The molecule has 7 amide bonds. The topological polar surface area (TPSA) is 352 Å². The number of hydrogen-bond acceptors (Lipinski definition) is 16. The maximum atomic E-state index is 14.4. The maximum Gasteiger partial charge on any atom is 0.317 e. The molecule has 6 rings (SSSR count). The van der Waals surface area contributed by atoms with Crippen LogP contribution in [0.5, 0.6) is 0 Å². The summed E-state index contributed by atoms with van der Waals surface area (Å²) in [6.07, 6.45) is -0.906. The minimum Gasteiger partial charge on any atom is -0.481 e. The number of anilines is 1. The number of amides is 7. The van der Waals surface area contributed by atoms with Crippen LogP contribution in [-0.4, -0.2) is 204 Å². The van der Waals surface area contributed by atoms with Gasteiger partial charge in [0, 0.05) is 65.8 Å². The minimum absolute atomic E-state index is 0.117. The van der Waals surface area contributed by atoms with E-state index in [0.29, 0.717) is 69.9 Å². The van der Waals surface area contributed by atoms with Crippen molar-refractivity contribution in [3.63, 3.8) is 0 Å². The van der Waals surface area contributed by atoms with Gasteiger partial charge in [0.25, 0.3) is 0 Å². The van der Waals surface area contributed by atoms with Gasteiger partial charge in [-0.15, -0.1) is 0 Å². The zero-order valence-corrected chi connectivity index (χ0v) is 44.0. The molecule has 7 atom stereocenters. The van der Waals surface area contributed by atoms with E-state index in [1.165, 1.54) is 12.0 Å². The smallest absolute Gasteiger partial charge is 0.317 e. The molecule has 9 N–H and O–H groups in total. The Balaban J connectivity index is 0.982. The first-order valence-electron chi connectivity index (χ1n) is 26.0. The SMILES string of the molecule is CC[C@H](C)[C@H](NC(=O)CNC(=O)CNC(=O)[C@@H](CCC(=O)O)NC(=O)Cc1ccc(CN2CCN(CC(=O)O)CCN(CC(=O)O)CC2)cc1)C(=O)N[C@H]1CCc2cccc3c2N(C1=O)[C@H](C(=O)NC1CC(=O)OC1OC)C3. The van der Waals surface area contributed by atoms with E-state index in [2.05, 4.69) is 36.8 Å². The van der Waals surface area contributed by atoms with E-state index >= 15 is 0 Å². The number of carboxylic acids is 3. The van der Waals surface area contributed by atoms with E-state index in [1.54, 1.807) is 35.8 Å². The molecule has 4 aliphatic heterocycles. The number of para-hydroxylation sites is 1. The highest BCUT2D eigenvalue weighted by molar-refractivity contribution is 6.08. The van der Waals surface area contributed by atoms with Gasteiger partial charge in [-0.25, -0.2) is 0 Å². The van der Waals surface area contributed by atoms with Crippen LogP contribution in [0.1, 0.15) is 68.2 Å². The Kier molecular flexibility index (Phi) is 21.6. The second-order valence-corrected chi connectivity index (χ2v) is 20.0. The van der Waals surface area contributed by atoms with Gasteiger partial charge in [-0.1, -0.05) is 62.7 Å². The molecule has 0 saturated carbocycles. The molecule has 0 aromatic heterocycles. The first kappa shape index (κ1) is 59.7. The molecule has 2 aromatic rings. The van der Waals surface area contributed by atoms with Crippen molar-refractivity contribution in [2.45, 2.75) is 108 Å². The number of aryl methyl sites for hydroxylation is 1. The lowest BCUT2D eigenvalue weighted by molar-refractivity contribution is -0.160. The third-order valence-electron chi connectivity index (χ3n) is 14.2. The van der Waals surface area contributed by atoms with Crippen LogP contribution in [0.3, 0.4) is 0 Å². The monoisotopic (exact) mass is 1090 g/mol. The molecule has 26 nitrogen and oxygen atoms in total. The summed E-state index contributed by atoms with van der Waals surface area (Å²) < 4.78 is 10.3. The van der Waals surface area contributed by atoms with Gasteiger partial charge in [-0.05, 0) is 47.4 Å². The minimum atomic E-state index is -1.34. The van der Waals surface area contributed by atoms with E-state index in [-0.39, 0.29) is 45.2 Å². The normalized spacial score (nSPS) is 20.9. The summed E-state index contributed by atoms with van der Waals surface area (Å²) in [7, 11) is 1.34. The summed E-state index contributed by atoms with van der Waals surface area (Å²) >= 11 is 0.